The lowest BCUT2D eigenvalue weighted by atomic mass is 10.1. The first-order valence-electron chi connectivity index (χ1n) is 6.49. The minimum Gasteiger partial charge on any atom is -0.481 e. The molecule has 1 aliphatic rings. The van der Waals surface area contributed by atoms with Crippen LogP contribution in [0, 0.1) is 17.2 Å². The van der Waals surface area contributed by atoms with Crippen molar-refractivity contribution in [1.29, 1.82) is 5.26 Å². The first-order chi connectivity index (χ1) is 9.99. The zero-order chi connectivity index (χ0) is 15.4. The Balaban J connectivity index is 1.91. The molecule has 0 aliphatic heterocycles. The van der Waals surface area contributed by atoms with E-state index in [2.05, 4.69) is 10.6 Å². The Kier molecular flexibility index (Phi) is 4.66. The van der Waals surface area contributed by atoms with Crippen molar-refractivity contribution in [2.75, 3.05) is 5.32 Å². The summed E-state index contributed by atoms with van der Waals surface area (Å²) >= 11 is 5.96. The fraction of sp³-hybridized carbons (Fsp3) is 0.357. The predicted octanol–water partition coefficient (Wildman–Crippen LogP) is 2.59. The van der Waals surface area contributed by atoms with E-state index in [1.165, 1.54) is 6.07 Å². The number of carbonyl (C=O) groups excluding carboxylic acids is 1. The fourth-order valence-corrected chi connectivity index (χ4v) is 2.59. The maximum absolute atomic E-state index is 11.9. The van der Waals surface area contributed by atoms with Crippen LogP contribution < -0.4 is 10.6 Å². The van der Waals surface area contributed by atoms with Crippen LogP contribution in [-0.2, 0) is 4.79 Å². The highest BCUT2D eigenvalue weighted by Gasteiger charge is 2.30. The Morgan fingerprint density at radius 2 is 2.14 bits per heavy atom. The van der Waals surface area contributed by atoms with Crippen molar-refractivity contribution in [3.8, 4) is 6.07 Å². The molecule has 1 aromatic rings. The van der Waals surface area contributed by atoms with E-state index < -0.39 is 17.9 Å². The number of amides is 2. The summed E-state index contributed by atoms with van der Waals surface area (Å²) in [4.78, 5) is 22.7. The highest BCUT2D eigenvalue weighted by atomic mass is 35.5. The standard InChI is InChI=1S/C14H14ClN3O3/c15-11-5-8(7-16)1-4-12(11)18-14(21)17-10-3-2-9(6-10)13(19)20/h1,4-5,9-10H,2-3,6H2,(H,19,20)(H2,17,18,21). The molecule has 2 atom stereocenters. The first-order valence-corrected chi connectivity index (χ1v) is 6.87. The van der Waals surface area contributed by atoms with Gasteiger partial charge in [0.15, 0.2) is 0 Å². The number of anilines is 1. The number of nitrogens with zero attached hydrogens (tertiary/aromatic N) is 1. The summed E-state index contributed by atoms with van der Waals surface area (Å²) < 4.78 is 0. The topological polar surface area (TPSA) is 102 Å². The third-order valence-electron chi connectivity index (χ3n) is 3.46. The highest BCUT2D eigenvalue weighted by molar-refractivity contribution is 6.33. The predicted molar refractivity (Wildman–Crippen MR) is 77.1 cm³/mol. The molecule has 1 aromatic carbocycles. The second-order valence-corrected chi connectivity index (χ2v) is 5.36. The summed E-state index contributed by atoms with van der Waals surface area (Å²) in [5.41, 5.74) is 0.812. The van der Waals surface area contributed by atoms with Gasteiger partial charge in [0, 0.05) is 6.04 Å². The number of carboxylic acids is 1. The number of hydrogen-bond donors (Lipinski definition) is 3. The van der Waals surface area contributed by atoms with E-state index in [9.17, 15) is 9.59 Å². The van der Waals surface area contributed by atoms with Crippen molar-refractivity contribution in [2.24, 2.45) is 5.92 Å². The number of nitriles is 1. The maximum Gasteiger partial charge on any atom is 0.319 e. The van der Waals surface area contributed by atoms with Gasteiger partial charge >= 0.3 is 12.0 Å². The third-order valence-corrected chi connectivity index (χ3v) is 3.78. The van der Waals surface area contributed by atoms with Crippen molar-refractivity contribution in [1.82, 2.24) is 5.32 Å². The third kappa shape index (κ3) is 3.86. The average molecular weight is 308 g/mol. The van der Waals surface area contributed by atoms with E-state index in [4.69, 9.17) is 22.0 Å². The number of carbonyl (C=O) groups is 2. The van der Waals surface area contributed by atoms with Crippen LogP contribution >= 0.6 is 11.6 Å². The summed E-state index contributed by atoms with van der Waals surface area (Å²) in [6, 6.07) is 5.94. The fourth-order valence-electron chi connectivity index (χ4n) is 2.37. The molecule has 2 unspecified atom stereocenters. The summed E-state index contributed by atoms with van der Waals surface area (Å²) in [5, 5.41) is 23.3. The molecule has 0 bridgehead atoms. The van der Waals surface area contributed by atoms with Crippen LogP contribution in [-0.4, -0.2) is 23.1 Å². The van der Waals surface area contributed by atoms with Crippen molar-refractivity contribution in [3.63, 3.8) is 0 Å². The maximum atomic E-state index is 11.9. The van der Waals surface area contributed by atoms with Gasteiger partial charge in [0.05, 0.1) is 28.3 Å². The largest absolute Gasteiger partial charge is 0.481 e. The number of aliphatic carboxylic acids is 1. The second kappa shape index (κ2) is 6.46. The van der Waals surface area contributed by atoms with Crippen LogP contribution in [0.4, 0.5) is 10.5 Å². The number of hydrogen-bond acceptors (Lipinski definition) is 3. The van der Waals surface area contributed by atoms with E-state index in [-0.39, 0.29) is 11.1 Å². The van der Waals surface area contributed by atoms with Crippen molar-refractivity contribution < 1.29 is 14.7 Å². The quantitative estimate of drug-likeness (QED) is 0.798. The number of benzene rings is 1. The van der Waals surface area contributed by atoms with Crippen molar-refractivity contribution in [2.45, 2.75) is 25.3 Å². The van der Waals surface area contributed by atoms with Gasteiger partial charge in [-0.15, -0.1) is 0 Å². The van der Waals surface area contributed by atoms with Crippen LogP contribution in [0.1, 0.15) is 24.8 Å². The van der Waals surface area contributed by atoms with E-state index in [1.54, 1.807) is 12.1 Å². The normalized spacial score (nSPS) is 20.6. The molecule has 1 saturated carbocycles. The molecule has 0 saturated heterocycles. The van der Waals surface area contributed by atoms with Gasteiger partial charge < -0.3 is 15.7 Å². The van der Waals surface area contributed by atoms with E-state index in [1.807, 2.05) is 6.07 Å². The minimum atomic E-state index is -0.824. The Morgan fingerprint density at radius 3 is 2.71 bits per heavy atom. The van der Waals surface area contributed by atoms with Crippen LogP contribution in [0.5, 0.6) is 0 Å². The molecule has 110 valence electrons. The Morgan fingerprint density at radius 1 is 1.38 bits per heavy atom. The molecule has 1 aliphatic carbocycles. The Bertz CT molecular complexity index is 612. The highest BCUT2D eigenvalue weighted by Crippen LogP contribution is 2.26. The summed E-state index contributed by atoms with van der Waals surface area (Å²) in [5.74, 6) is -1.22. The number of halogens is 1. The molecule has 1 fully saturated rings. The number of nitrogens with one attached hydrogen (secondary N) is 2. The zero-order valence-corrected chi connectivity index (χ0v) is 11.9. The molecule has 0 aromatic heterocycles. The lowest BCUT2D eigenvalue weighted by molar-refractivity contribution is -0.141. The van der Waals surface area contributed by atoms with Crippen molar-refractivity contribution >= 4 is 29.3 Å². The number of carboxylic acid groups (broad SMARTS) is 1. The molecular formula is C14H14ClN3O3. The van der Waals surface area contributed by atoms with Crippen LogP contribution in [0.3, 0.4) is 0 Å². The van der Waals surface area contributed by atoms with E-state index >= 15 is 0 Å². The van der Waals surface area contributed by atoms with Gasteiger partial charge in [-0.1, -0.05) is 11.6 Å². The molecule has 2 rings (SSSR count). The number of urea groups is 1. The van der Waals surface area contributed by atoms with Crippen LogP contribution in [0.2, 0.25) is 5.02 Å². The molecule has 2 amide bonds. The SMILES string of the molecule is N#Cc1ccc(NC(=O)NC2CCC(C(=O)O)C2)c(Cl)c1. The molecule has 21 heavy (non-hydrogen) atoms. The molecule has 3 N–H and O–H groups in total. The lowest BCUT2D eigenvalue weighted by Crippen LogP contribution is -2.36. The molecule has 7 heteroatoms. The van der Waals surface area contributed by atoms with E-state index in [0.29, 0.717) is 30.5 Å². The van der Waals surface area contributed by atoms with Gasteiger partial charge in [0.1, 0.15) is 0 Å². The summed E-state index contributed by atoms with van der Waals surface area (Å²) in [6.45, 7) is 0. The summed E-state index contributed by atoms with van der Waals surface area (Å²) in [6.07, 6.45) is 1.65. The van der Waals surface area contributed by atoms with Gasteiger partial charge in [-0.3, -0.25) is 4.79 Å². The summed E-state index contributed by atoms with van der Waals surface area (Å²) in [7, 11) is 0. The van der Waals surface area contributed by atoms with Crippen LogP contribution in [0.25, 0.3) is 0 Å². The van der Waals surface area contributed by atoms with Gasteiger partial charge in [-0.2, -0.15) is 5.26 Å². The van der Waals surface area contributed by atoms with Gasteiger partial charge in [0.25, 0.3) is 0 Å². The monoisotopic (exact) mass is 307 g/mol. The second-order valence-electron chi connectivity index (χ2n) is 4.95. The smallest absolute Gasteiger partial charge is 0.319 e. The minimum absolute atomic E-state index is 0.150. The molecular weight excluding hydrogens is 294 g/mol. The first kappa shape index (κ1) is 15.1. The molecule has 0 radical (unpaired) electrons. The van der Waals surface area contributed by atoms with Gasteiger partial charge in [-0.05, 0) is 37.5 Å². The molecule has 0 heterocycles. The molecule has 0 spiro atoms. The van der Waals surface area contributed by atoms with Gasteiger partial charge in [0.2, 0.25) is 0 Å². The zero-order valence-electron chi connectivity index (χ0n) is 11.1. The Labute approximate surface area is 126 Å². The molecule has 6 nitrogen and oxygen atoms in total. The van der Waals surface area contributed by atoms with E-state index in [0.717, 1.165) is 0 Å². The van der Waals surface area contributed by atoms with Crippen LogP contribution in [0.15, 0.2) is 18.2 Å². The Hall–Kier alpha value is -2.26. The number of rotatable bonds is 3. The van der Waals surface area contributed by atoms with Crippen molar-refractivity contribution in [3.05, 3.63) is 28.8 Å². The van der Waals surface area contributed by atoms with Gasteiger partial charge in [-0.25, -0.2) is 4.79 Å². The lowest BCUT2D eigenvalue weighted by Gasteiger charge is -2.14. The average Bonchev–Trinajstić information content (AvgIpc) is 2.89.